The van der Waals surface area contributed by atoms with E-state index >= 15 is 0 Å². The van der Waals surface area contributed by atoms with E-state index in [-0.39, 0.29) is 5.91 Å². The lowest BCUT2D eigenvalue weighted by molar-refractivity contribution is 0.101. The number of benzene rings is 3. The first kappa shape index (κ1) is 21.3. The largest absolute Gasteiger partial charge is 0.489 e. The fourth-order valence-electron chi connectivity index (χ4n) is 3.69. The van der Waals surface area contributed by atoms with Gasteiger partial charge >= 0.3 is 0 Å². The third-order valence-electron chi connectivity index (χ3n) is 5.24. The van der Waals surface area contributed by atoms with Crippen LogP contribution >= 0.6 is 23.2 Å². The fourth-order valence-corrected chi connectivity index (χ4v) is 3.99. The van der Waals surface area contributed by atoms with Gasteiger partial charge in [0, 0.05) is 33.2 Å². The van der Waals surface area contributed by atoms with Crippen LogP contribution in [0.2, 0.25) is 10.0 Å². The van der Waals surface area contributed by atoms with Crippen molar-refractivity contribution in [2.75, 3.05) is 5.32 Å². The first-order valence-corrected chi connectivity index (χ1v) is 10.8. The van der Waals surface area contributed by atoms with Crippen molar-refractivity contribution < 1.29 is 9.53 Å². The predicted molar refractivity (Wildman–Crippen MR) is 128 cm³/mol. The van der Waals surface area contributed by atoms with Gasteiger partial charge < -0.3 is 14.6 Å². The number of fused-ring (bicyclic) bond motifs is 1. The van der Waals surface area contributed by atoms with Crippen LogP contribution in [0.1, 0.15) is 28.5 Å². The van der Waals surface area contributed by atoms with Crippen molar-refractivity contribution in [2.45, 2.75) is 27.0 Å². The summed E-state index contributed by atoms with van der Waals surface area (Å²) in [6.45, 7) is 5.11. The number of nitrogens with one attached hydrogen (secondary N) is 1. The minimum absolute atomic E-state index is 0.151. The molecule has 31 heavy (non-hydrogen) atoms. The summed E-state index contributed by atoms with van der Waals surface area (Å²) in [5, 5.41) is 5.34. The van der Waals surface area contributed by atoms with Gasteiger partial charge in [-0.25, -0.2) is 0 Å². The Morgan fingerprint density at radius 1 is 0.968 bits per heavy atom. The molecule has 0 bridgehead atoms. The highest BCUT2D eigenvalue weighted by Crippen LogP contribution is 2.29. The van der Waals surface area contributed by atoms with Gasteiger partial charge in [-0.1, -0.05) is 35.3 Å². The summed E-state index contributed by atoms with van der Waals surface area (Å²) < 4.78 is 7.82. The second-order valence-corrected chi connectivity index (χ2v) is 8.15. The number of carbonyl (C=O) groups is 1. The van der Waals surface area contributed by atoms with E-state index in [1.807, 2.05) is 85.1 Å². The zero-order chi connectivity index (χ0) is 22.0. The highest BCUT2D eigenvalue weighted by molar-refractivity contribution is 6.31. The summed E-state index contributed by atoms with van der Waals surface area (Å²) in [5.41, 5.74) is 4.29. The number of amides is 1. The number of ether oxygens (including phenoxy) is 1. The molecule has 0 spiro atoms. The number of nitrogens with zero attached hydrogens (tertiary/aromatic N) is 1. The second-order valence-electron chi connectivity index (χ2n) is 7.27. The Morgan fingerprint density at radius 2 is 1.65 bits per heavy atom. The van der Waals surface area contributed by atoms with E-state index in [0.717, 1.165) is 27.8 Å². The Hall–Kier alpha value is -2.95. The summed E-state index contributed by atoms with van der Waals surface area (Å²) in [5.74, 6) is 0.572. The molecule has 0 aliphatic heterocycles. The molecule has 0 saturated carbocycles. The molecule has 4 aromatic rings. The van der Waals surface area contributed by atoms with Gasteiger partial charge in [0.05, 0.1) is 0 Å². The molecule has 1 heterocycles. The lowest BCUT2D eigenvalue weighted by Crippen LogP contribution is -2.17. The lowest BCUT2D eigenvalue weighted by atomic mass is 10.1. The quantitative estimate of drug-likeness (QED) is 0.338. The summed E-state index contributed by atoms with van der Waals surface area (Å²) in [4.78, 5) is 13.1. The number of anilines is 1. The van der Waals surface area contributed by atoms with Gasteiger partial charge in [-0.2, -0.15) is 0 Å². The third kappa shape index (κ3) is 4.55. The van der Waals surface area contributed by atoms with Crippen molar-refractivity contribution in [3.05, 3.63) is 93.6 Å². The first-order chi connectivity index (χ1) is 15.0. The Kier molecular flexibility index (Phi) is 6.21. The van der Waals surface area contributed by atoms with Gasteiger partial charge in [0.15, 0.2) is 0 Å². The standard InChI is InChI=1S/C25H22Cl2N2O2/c1-3-29-23-13-8-19(27)14-22(23)16(2)24(29)25(30)28-20-9-11-21(12-10-20)31-15-17-4-6-18(26)7-5-17/h4-14H,3,15H2,1-2H3,(H,28,30). The Labute approximate surface area is 191 Å². The smallest absolute Gasteiger partial charge is 0.272 e. The summed E-state index contributed by atoms with van der Waals surface area (Å²) in [6.07, 6.45) is 0. The normalized spacial score (nSPS) is 11.0. The summed E-state index contributed by atoms with van der Waals surface area (Å²) in [6, 6.07) is 20.6. The molecule has 3 aromatic carbocycles. The van der Waals surface area contributed by atoms with Crippen LogP contribution in [0, 0.1) is 6.92 Å². The molecule has 0 radical (unpaired) electrons. The molecule has 158 valence electrons. The van der Waals surface area contributed by atoms with Crippen molar-refractivity contribution in [2.24, 2.45) is 0 Å². The predicted octanol–water partition coefficient (Wildman–Crippen LogP) is 7.11. The maximum absolute atomic E-state index is 13.1. The van der Waals surface area contributed by atoms with Crippen molar-refractivity contribution in [1.29, 1.82) is 0 Å². The molecule has 1 aromatic heterocycles. The molecule has 4 rings (SSSR count). The average Bonchev–Trinajstić information content (AvgIpc) is 3.05. The van der Waals surface area contributed by atoms with E-state index in [2.05, 4.69) is 5.32 Å². The van der Waals surface area contributed by atoms with E-state index in [1.165, 1.54) is 0 Å². The van der Waals surface area contributed by atoms with E-state index in [9.17, 15) is 4.79 Å². The van der Waals surface area contributed by atoms with E-state index in [0.29, 0.717) is 34.6 Å². The monoisotopic (exact) mass is 452 g/mol. The maximum Gasteiger partial charge on any atom is 0.272 e. The molecule has 1 N–H and O–H groups in total. The fraction of sp³-hybridized carbons (Fsp3) is 0.160. The van der Waals surface area contributed by atoms with Crippen LogP contribution in [-0.2, 0) is 13.2 Å². The molecule has 0 aliphatic rings. The topological polar surface area (TPSA) is 43.3 Å². The molecule has 0 saturated heterocycles. The van der Waals surface area contributed by atoms with Crippen LogP contribution in [0.5, 0.6) is 5.75 Å². The Bertz CT molecular complexity index is 1230. The number of hydrogen-bond acceptors (Lipinski definition) is 2. The molecular weight excluding hydrogens is 431 g/mol. The first-order valence-electron chi connectivity index (χ1n) is 10.0. The van der Waals surface area contributed by atoms with Crippen molar-refractivity contribution >= 4 is 45.7 Å². The molecule has 0 atom stereocenters. The van der Waals surface area contributed by atoms with Crippen molar-refractivity contribution in [3.63, 3.8) is 0 Å². The molecular formula is C25H22Cl2N2O2. The minimum atomic E-state index is -0.151. The number of carbonyl (C=O) groups excluding carboxylic acids is 1. The van der Waals surface area contributed by atoms with Gasteiger partial charge in [0.2, 0.25) is 0 Å². The van der Waals surface area contributed by atoms with E-state index < -0.39 is 0 Å². The Balaban J connectivity index is 1.49. The number of aromatic nitrogens is 1. The van der Waals surface area contributed by atoms with Gasteiger partial charge in [0.25, 0.3) is 5.91 Å². The van der Waals surface area contributed by atoms with Crippen LogP contribution in [0.25, 0.3) is 10.9 Å². The SMILES string of the molecule is CCn1c(C(=O)Nc2ccc(OCc3ccc(Cl)cc3)cc2)c(C)c2cc(Cl)ccc21. The second kappa shape index (κ2) is 9.04. The van der Waals surface area contributed by atoms with Crippen molar-refractivity contribution in [3.8, 4) is 5.75 Å². The molecule has 0 fully saturated rings. The van der Waals surface area contributed by atoms with Gasteiger partial charge in [-0.15, -0.1) is 0 Å². The average molecular weight is 453 g/mol. The van der Waals surface area contributed by atoms with Crippen LogP contribution < -0.4 is 10.1 Å². The minimum Gasteiger partial charge on any atom is -0.489 e. The van der Waals surface area contributed by atoms with E-state index in [4.69, 9.17) is 27.9 Å². The lowest BCUT2D eigenvalue weighted by Gasteiger charge is -2.11. The van der Waals surface area contributed by atoms with Crippen LogP contribution in [-0.4, -0.2) is 10.5 Å². The molecule has 4 nitrogen and oxygen atoms in total. The van der Waals surface area contributed by atoms with Crippen LogP contribution in [0.3, 0.4) is 0 Å². The summed E-state index contributed by atoms with van der Waals surface area (Å²) in [7, 11) is 0. The molecule has 6 heteroatoms. The van der Waals surface area contributed by atoms with Gasteiger partial charge in [-0.05, 0) is 79.6 Å². The Morgan fingerprint density at radius 3 is 2.32 bits per heavy atom. The number of halogens is 2. The zero-order valence-corrected chi connectivity index (χ0v) is 18.8. The van der Waals surface area contributed by atoms with Crippen LogP contribution in [0.4, 0.5) is 5.69 Å². The summed E-state index contributed by atoms with van der Waals surface area (Å²) >= 11 is 12.1. The third-order valence-corrected chi connectivity index (χ3v) is 5.73. The maximum atomic E-state index is 13.1. The van der Waals surface area contributed by atoms with Gasteiger partial charge in [0.1, 0.15) is 18.1 Å². The molecule has 0 unspecified atom stereocenters. The van der Waals surface area contributed by atoms with Gasteiger partial charge in [-0.3, -0.25) is 4.79 Å². The van der Waals surface area contributed by atoms with Crippen molar-refractivity contribution in [1.82, 2.24) is 4.57 Å². The number of rotatable bonds is 6. The molecule has 0 aliphatic carbocycles. The number of hydrogen-bond donors (Lipinski definition) is 1. The number of aryl methyl sites for hydroxylation is 2. The molecule has 1 amide bonds. The highest BCUT2D eigenvalue weighted by Gasteiger charge is 2.20. The van der Waals surface area contributed by atoms with E-state index in [1.54, 1.807) is 0 Å². The highest BCUT2D eigenvalue weighted by atomic mass is 35.5. The zero-order valence-electron chi connectivity index (χ0n) is 17.3. The van der Waals surface area contributed by atoms with Crippen LogP contribution in [0.15, 0.2) is 66.7 Å².